The van der Waals surface area contributed by atoms with Gasteiger partial charge in [0.25, 0.3) is 0 Å². The monoisotopic (exact) mass is 418 g/mol. The van der Waals surface area contributed by atoms with Crippen molar-refractivity contribution in [1.82, 2.24) is 4.90 Å². The van der Waals surface area contributed by atoms with Gasteiger partial charge in [0.05, 0.1) is 6.61 Å². The van der Waals surface area contributed by atoms with Gasteiger partial charge >= 0.3 is 12.0 Å². The van der Waals surface area contributed by atoms with Crippen LogP contribution in [0.2, 0.25) is 5.02 Å². The van der Waals surface area contributed by atoms with E-state index in [-0.39, 0.29) is 18.0 Å². The molecule has 2 amide bonds. The second-order valence-electron chi connectivity index (χ2n) is 6.32. The van der Waals surface area contributed by atoms with Crippen molar-refractivity contribution in [3.05, 3.63) is 64.7 Å². The number of ether oxygens (including phenoxy) is 1. The number of carbonyl (C=O) groups excluding carboxylic acids is 2. The summed E-state index contributed by atoms with van der Waals surface area (Å²) in [6.45, 7) is 4.06. The van der Waals surface area contributed by atoms with Gasteiger partial charge in [0, 0.05) is 22.0 Å². The molecule has 2 atom stereocenters. The maximum atomic E-state index is 13.2. The van der Waals surface area contributed by atoms with Crippen molar-refractivity contribution in [2.24, 2.45) is 0 Å². The van der Waals surface area contributed by atoms with Crippen LogP contribution in [0.25, 0.3) is 0 Å². The number of aryl methyl sites for hydroxylation is 1. The highest BCUT2D eigenvalue weighted by molar-refractivity contribution is 7.99. The summed E-state index contributed by atoms with van der Waals surface area (Å²) in [5.74, 6) is 0.0564. The molecule has 0 aliphatic carbocycles. The zero-order valence-corrected chi connectivity index (χ0v) is 17.4. The van der Waals surface area contributed by atoms with E-state index in [1.54, 1.807) is 17.9 Å². The lowest BCUT2D eigenvalue weighted by atomic mass is 10.1. The molecular formula is C21H23ClN2O3S. The molecule has 2 aromatic rings. The number of anilines is 1. The van der Waals surface area contributed by atoms with Gasteiger partial charge in [-0.15, -0.1) is 11.8 Å². The summed E-state index contributed by atoms with van der Waals surface area (Å²) < 4.78 is 5.21. The number of nitrogens with one attached hydrogen (secondary N) is 1. The number of amides is 2. The van der Waals surface area contributed by atoms with Gasteiger partial charge in [0.15, 0.2) is 0 Å². The van der Waals surface area contributed by atoms with Gasteiger partial charge in [-0.1, -0.05) is 54.9 Å². The average molecular weight is 419 g/mol. The summed E-state index contributed by atoms with van der Waals surface area (Å²) in [5.41, 5.74) is 2.58. The van der Waals surface area contributed by atoms with E-state index in [1.165, 1.54) is 11.8 Å². The fourth-order valence-corrected chi connectivity index (χ4v) is 4.97. The van der Waals surface area contributed by atoms with Gasteiger partial charge in [0.1, 0.15) is 11.4 Å². The quantitative estimate of drug-likeness (QED) is 0.685. The third kappa shape index (κ3) is 4.28. The topological polar surface area (TPSA) is 58.6 Å². The van der Waals surface area contributed by atoms with E-state index in [0.29, 0.717) is 10.8 Å². The van der Waals surface area contributed by atoms with Gasteiger partial charge in [-0.05, 0) is 31.0 Å². The molecule has 1 aliphatic heterocycles. The molecule has 2 aromatic carbocycles. The fraction of sp³-hybridized carbons (Fsp3) is 0.333. The molecule has 0 saturated carbocycles. The third-order valence-electron chi connectivity index (χ3n) is 4.60. The SMILES string of the molecule is CCOC(=O)C1CSC(c2ccccc2Cl)N1C(=O)Nc1ccccc1CC. The fourth-order valence-electron chi connectivity index (χ4n) is 3.22. The van der Waals surface area contributed by atoms with Gasteiger partial charge in [-0.2, -0.15) is 0 Å². The number of nitrogens with zero attached hydrogens (tertiary/aromatic N) is 1. The molecule has 2 unspecified atom stereocenters. The summed E-state index contributed by atoms with van der Waals surface area (Å²) in [4.78, 5) is 27.3. The standard InChI is InChI=1S/C21H23ClN2O3S/c1-3-14-9-5-8-12-17(14)23-21(26)24-18(20(25)27-4-2)13-28-19(24)15-10-6-7-11-16(15)22/h5-12,18-19H,3-4,13H2,1-2H3,(H,23,26). The Morgan fingerprint density at radius 3 is 2.61 bits per heavy atom. The maximum absolute atomic E-state index is 13.2. The first-order valence-corrected chi connectivity index (χ1v) is 10.7. The van der Waals surface area contributed by atoms with Crippen molar-refractivity contribution in [3.63, 3.8) is 0 Å². The van der Waals surface area contributed by atoms with Crippen LogP contribution in [0, 0.1) is 0 Å². The molecule has 0 aromatic heterocycles. The van der Waals surface area contributed by atoms with E-state index in [4.69, 9.17) is 16.3 Å². The molecule has 0 spiro atoms. The van der Waals surface area contributed by atoms with Gasteiger partial charge < -0.3 is 10.1 Å². The maximum Gasteiger partial charge on any atom is 0.329 e. The Morgan fingerprint density at radius 1 is 1.18 bits per heavy atom. The van der Waals surface area contributed by atoms with E-state index in [2.05, 4.69) is 5.32 Å². The van der Waals surface area contributed by atoms with Crippen molar-refractivity contribution < 1.29 is 14.3 Å². The molecule has 1 fully saturated rings. The minimum atomic E-state index is -0.667. The van der Waals surface area contributed by atoms with E-state index >= 15 is 0 Å². The van der Waals surface area contributed by atoms with E-state index in [1.807, 2.05) is 49.4 Å². The number of para-hydroxylation sites is 1. The van der Waals surface area contributed by atoms with Gasteiger partial charge in [0.2, 0.25) is 0 Å². The number of hydrogen-bond donors (Lipinski definition) is 1. The predicted molar refractivity (Wildman–Crippen MR) is 114 cm³/mol. The molecule has 3 rings (SSSR count). The largest absolute Gasteiger partial charge is 0.464 e. The number of rotatable bonds is 5. The molecule has 5 nitrogen and oxygen atoms in total. The zero-order chi connectivity index (χ0) is 20.1. The lowest BCUT2D eigenvalue weighted by Gasteiger charge is -2.29. The van der Waals surface area contributed by atoms with Crippen LogP contribution < -0.4 is 5.32 Å². The molecule has 28 heavy (non-hydrogen) atoms. The van der Waals surface area contributed by atoms with Crippen molar-refractivity contribution in [1.29, 1.82) is 0 Å². The van der Waals surface area contributed by atoms with Crippen LogP contribution in [0.5, 0.6) is 0 Å². The molecule has 1 N–H and O–H groups in total. The first kappa shape index (κ1) is 20.6. The van der Waals surface area contributed by atoms with Crippen molar-refractivity contribution in [2.75, 3.05) is 17.7 Å². The van der Waals surface area contributed by atoms with E-state index in [9.17, 15) is 9.59 Å². The normalized spacial score (nSPS) is 18.8. The van der Waals surface area contributed by atoms with Crippen LogP contribution in [0.3, 0.4) is 0 Å². The highest BCUT2D eigenvalue weighted by Crippen LogP contribution is 2.44. The van der Waals surface area contributed by atoms with Crippen LogP contribution in [0.1, 0.15) is 30.3 Å². The summed E-state index contributed by atoms with van der Waals surface area (Å²) in [6, 6.07) is 14.0. The molecule has 1 heterocycles. The van der Waals surface area contributed by atoms with E-state index in [0.717, 1.165) is 23.2 Å². The van der Waals surface area contributed by atoms with Crippen LogP contribution in [-0.2, 0) is 16.0 Å². The highest BCUT2D eigenvalue weighted by atomic mass is 35.5. The van der Waals surface area contributed by atoms with Crippen molar-refractivity contribution >= 4 is 41.1 Å². The number of esters is 1. The predicted octanol–water partition coefficient (Wildman–Crippen LogP) is 5.11. The number of thioether (sulfide) groups is 1. The molecule has 0 bridgehead atoms. The second kappa shape index (κ2) is 9.34. The Morgan fingerprint density at radius 2 is 1.89 bits per heavy atom. The third-order valence-corrected chi connectivity index (χ3v) is 6.25. The minimum absolute atomic E-state index is 0.269. The second-order valence-corrected chi connectivity index (χ2v) is 7.84. The van der Waals surface area contributed by atoms with Crippen molar-refractivity contribution in [3.8, 4) is 0 Å². The van der Waals surface area contributed by atoms with Crippen LogP contribution in [0.15, 0.2) is 48.5 Å². The number of urea groups is 1. The Balaban J connectivity index is 1.93. The molecule has 7 heteroatoms. The molecule has 1 saturated heterocycles. The molecule has 148 valence electrons. The van der Waals surface area contributed by atoms with Crippen LogP contribution in [0.4, 0.5) is 10.5 Å². The summed E-state index contributed by atoms with van der Waals surface area (Å²) in [5, 5.41) is 3.17. The Bertz CT molecular complexity index is 861. The van der Waals surface area contributed by atoms with E-state index < -0.39 is 12.0 Å². The first-order valence-electron chi connectivity index (χ1n) is 9.26. The average Bonchev–Trinajstić information content (AvgIpc) is 3.14. The summed E-state index contributed by atoms with van der Waals surface area (Å²) in [6.07, 6.45) is 0.792. The summed E-state index contributed by atoms with van der Waals surface area (Å²) in [7, 11) is 0. The Labute approximate surface area is 174 Å². The van der Waals surface area contributed by atoms with Crippen LogP contribution in [-0.4, -0.2) is 35.3 Å². The van der Waals surface area contributed by atoms with Gasteiger partial charge in [-0.3, -0.25) is 4.90 Å². The lowest BCUT2D eigenvalue weighted by molar-refractivity contribution is -0.147. The summed E-state index contributed by atoms with van der Waals surface area (Å²) >= 11 is 7.89. The van der Waals surface area contributed by atoms with Crippen molar-refractivity contribution in [2.45, 2.75) is 31.7 Å². The lowest BCUT2D eigenvalue weighted by Crippen LogP contribution is -2.46. The molecule has 0 radical (unpaired) electrons. The molecule has 1 aliphatic rings. The number of hydrogen-bond acceptors (Lipinski definition) is 4. The Kier molecular flexibility index (Phi) is 6.86. The smallest absolute Gasteiger partial charge is 0.329 e. The van der Waals surface area contributed by atoms with Crippen LogP contribution >= 0.6 is 23.4 Å². The number of halogens is 1. The highest BCUT2D eigenvalue weighted by Gasteiger charge is 2.44. The molecular weight excluding hydrogens is 396 g/mol. The zero-order valence-electron chi connectivity index (χ0n) is 15.9. The Hall–Kier alpha value is -2.18. The van der Waals surface area contributed by atoms with Gasteiger partial charge in [-0.25, -0.2) is 9.59 Å². The number of benzene rings is 2. The first-order chi connectivity index (χ1) is 13.6. The number of carbonyl (C=O) groups is 2. The minimum Gasteiger partial charge on any atom is -0.464 e.